The van der Waals surface area contributed by atoms with Gasteiger partial charge in [0.1, 0.15) is 0 Å². The summed E-state index contributed by atoms with van der Waals surface area (Å²) in [6.45, 7) is 4.27. The topological polar surface area (TPSA) is 76.2 Å². The van der Waals surface area contributed by atoms with E-state index in [-0.39, 0.29) is 12.3 Å². The lowest BCUT2D eigenvalue weighted by molar-refractivity contribution is -0.385. The van der Waals surface area contributed by atoms with Crippen LogP contribution in [0, 0.1) is 21.4 Å². The van der Waals surface area contributed by atoms with Gasteiger partial charge < -0.3 is 4.43 Å². The third-order valence-electron chi connectivity index (χ3n) is 2.92. The molecular weight excluding hydrogens is 296 g/mol. The molecular formula is C13H17ClN2O3Si. The minimum absolute atomic E-state index is 0.0243. The van der Waals surface area contributed by atoms with Gasteiger partial charge >= 0.3 is 0 Å². The summed E-state index contributed by atoms with van der Waals surface area (Å²) in [4.78, 5) is 10.5. The van der Waals surface area contributed by atoms with Gasteiger partial charge in [-0.25, -0.2) is 0 Å². The molecule has 0 radical (unpaired) electrons. The molecule has 0 saturated carbocycles. The number of hydrogen-bond acceptors (Lipinski definition) is 4. The van der Waals surface area contributed by atoms with Crippen LogP contribution in [0.25, 0.3) is 0 Å². The smallest absolute Gasteiger partial charge is 0.274 e. The molecule has 0 aliphatic carbocycles. The van der Waals surface area contributed by atoms with Crippen molar-refractivity contribution in [3.05, 3.63) is 38.9 Å². The highest BCUT2D eigenvalue weighted by Crippen LogP contribution is 2.25. The van der Waals surface area contributed by atoms with Gasteiger partial charge in [0.25, 0.3) is 5.69 Å². The fraction of sp³-hybridized carbons (Fsp3) is 0.462. The minimum Gasteiger partial charge on any atom is -0.413 e. The van der Waals surface area contributed by atoms with Crippen molar-refractivity contribution < 1.29 is 9.35 Å². The summed E-state index contributed by atoms with van der Waals surface area (Å²) in [5.74, 6) is 0. The summed E-state index contributed by atoms with van der Waals surface area (Å²) < 4.78 is 5.87. The quantitative estimate of drug-likeness (QED) is 0.326. The lowest BCUT2D eigenvalue weighted by Gasteiger charge is -2.22. The van der Waals surface area contributed by atoms with Crippen molar-refractivity contribution >= 4 is 25.6 Å². The zero-order valence-electron chi connectivity index (χ0n) is 11.6. The van der Waals surface area contributed by atoms with Gasteiger partial charge in [-0.2, -0.15) is 5.26 Å². The molecule has 108 valence electrons. The first-order valence-corrected chi connectivity index (χ1v) is 9.79. The van der Waals surface area contributed by atoms with E-state index < -0.39 is 13.2 Å². The maximum absolute atomic E-state index is 11.0. The number of nitriles is 1. The third kappa shape index (κ3) is 5.29. The Bertz CT molecular complexity index is 529. The Balaban J connectivity index is 2.71. The molecule has 1 aromatic rings. The van der Waals surface area contributed by atoms with Crippen LogP contribution in [0.4, 0.5) is 5.69 Å². The first-order valence-electron chi connectivity index (χ1n) is 6.29. The van der Waals surface area contributed by atoms with E-state index in [0.29, 0.717) is 17.0 Å². The first-order chi connectivity index (χ1) is 9.35. The average molecular weight is 313 g/mol. The van der Waals surface area contributed by atoms with Crippen molar-refractivity contribution in [2.24, 2.45) is 0 Å². The van der Waals surface area contributed by atoms with Gasteiger partial charge in [0, 0.05) is 17.5 Å². The molecule has 0 fully saturated rings. The van der Waals surface area contributed by atoms with Crippen LogP contribution in [-0.2, 0) is 11.0 Å². The van der Waals surface area contributed by atoms with Crippen molar-refractivity contribution in [2.45, 2.75) is 38.6 Å². The third-order valence-corrected chi connectivity index (χ3v) is 5.64. The molecule has 0 aromatic heterocycles. The summed E-state index contributed by atoms with van der Waals surface area (Å²) in [7, 11) is -1.92. The molecule has 0 amide bonds. The van der Waals surface area contributed by atoms with E-state index in [9.17, 15) is 10.1 Å². The highest BCUT2D eigenvalue weighted by Gasteiger charge is 2.24. The Morgan fingerprint density at radius 2 is 2.20 bits per heavy atom. The van der Waals surface area contributed by atoms with Crippen LogP contribution < -0.4 is 0 Å². The first kappa shape index (κ1) is 16.6. The maximum atomic E-state index is 11.0. The number of rotatable bonds is 7. The Labute approximate surface area is 124 Å². The van der Waals surface area contributed by atoms with Crippen LogP contribution in [0.15, 0.2) is 18.2 Å². The summed E-state index contributed by atoms with van der Waals surface area (Å²) >= 11 is 5.87. The molecule has 0 unspecified atom stereocenters. The van der Waals surface area contributed by atoms with Crippen molar-refractivity contribution in [3.8, 4) is 6.07 Å². The SMILES string of the molecule is C[Si](C)(CCCC#N)OCc1cc(Cl)ccc1[N+](=O)[O-]. The molecule has 7 heteroatoms. The lowest BCUT2D eigenvalue weighted by Crippen LogP contribution is -2.29. The fourth-order valence-corrected chi connectivity index (χ4v) is 3.70. The molecule has 0 spiro atoms. The van der Waals surface area contributed by atoms with Crippen LogP contribution in [0.3, 0.4) is 0 Å². The van der Waals surface area contributed by atoms with E-state index in [1.54, 1.807) is 6.07 Å². The molecule has 0 atom stereocenters. The molecule has 20 heavy (non-hydrogen) atoms. The molecule has 0 saturated heterocycles. The highest BCUT2D eigenvalue weighted by atomic mass is 35.5. The molecule has 0 N–H and O–H groups in total. The average Bonchev–Trinajstić information content (AvgIpc) is 2.36. The minimum atomic E-state index is -1.92. The molecule has 0 bridgehead atoms. The highest BCUT2D eigenvalue weighted by molar-refractivity contribution is 6.71. The van der Waals surface area contributed by atoms with Crippen LogP contribution in [0.1, 0.15) is 18.4 Å². The monoisotopic (exact) mass is 312 g/mol. The number of halogens is 1. The molecule has 0 heterocycles. The van der Waals surface area contributed by atoms with E-state index in [2.05, 4.69) is 6.07 Å². The number of hydrogen-bond donors (Lipinski definition) is 0. The summed E-state index contributed by atoms with van der Waals surface area (Å²) in [6, 6.07) is 7.42. The zero-order chi connectivity index (χ0) is 15.2. The Hall–Kier alpha value is -1.42. The second-order valence-electron chi connectivity index (χ2n) is 5.09. The summed E-state index contributed by atoms with van der Waals surface area (Å²) in [5, 5.41) is 19.9. The lowest BCUT2D eigenvalue weighted by atomic mass is 10.2. The fourth-order valence-electron chi connectivity index (χ4n) is 1.79. The van der Waals surface area contributed by atoms with Crippen LogP contribution in [0.2, 0.25) is 24.2 Å². The molecule has 0 aliphatic heterocycles. The number of nitro benzene ring substituents is 1. The molecule has 5 nitrogen and oxygen atoms in total. The summed E-state index contributed by atoms with van der Waals surface area (Å²) in [5.41, 5.74) is 0.514. The van der Waals surface area contributed by atoms with E-state index in [4.69, 9.17) is 21.3 Å². The van der Waals surface area contributed by atoms with Crippen LogP contribution >= 0.6 is 11.6 Å². The van der Waals surface area contributed by atoms with E-state index >= 15 is 0 Å². The predicted octanol–water partition coefficient (Wildman–Crippen LogP) is 4.27. The summed E-state index contributed by atoms with van der Waals surface area (Å²) in [6.07, 6.45) is 1.31. The van der Waals surface area contributed by atoms with E-state index in [0.717, 1.165) is 12.5 Å². The van der Waals surface area contributed by atoms with Crippen LogP contribution in [0.5, 0.6) is 0 Å². The van der Waals surface area contributed by atoms with Gasteiger partial charge in [-0.15, -0.1) is 0 Å². The maximum Gasteiger partial charge on any atom is 0.274 e. The predicted molar refractivity (Wildman–Crippen MR) is 80.0 cm³/mol. The van der Waals surface area contributed by atoms with Crippen molar-refractivity contribution in [1.82, 2.24) is 0 Å². The number of nitrogens with zero attached hydrogens (tertiary/aromatic N) is 2. The Morgan fingerprint density at radius 3 is 2.80 bits per heavy atom. The van der Waals surface area contributed by atoms with Gasteiger partial charge in [-0.05, 0) is 37.7 Å². The second kappa shape index (κ2) is 7.38. The van der Waals surface area contributed by atoms with E-state index in [1.807, 2.05) is 13.1 Å². The normalized spacial score (nSPS) is 11.1. The zero-order valence-corrected chi connectivity index (χ0v) is 13.3. The van der Waals surface area contributed by atoms with Gasteiger partial charge in [0.05, 0.1) is 23.2 Å². The van der Waals surface area contributed by atoms with Crippen molar-refractivity contribution in [1.29, 1.82) is 5.26 Å². The van der Waals surface area contributed by atoms with E-state index in [1.165, 1.54) is 12.1 Å². The van der Waals surface area contributed by atoms with Crippen molar-refractivity contribution in [3.63, 3.8) is 0 Å². The second-order valence-corrected chi connectivity index (χ2v) is 9.83. The van der Waals surface area contributed by atoms with Gasteiger partial charge in [-0.1, -0.05) is 11.6 Å². The number of unbranched alkanes of at least 4 members (excludes halogenated alkanes) is 1. The molecule has 1 aromatic carbocycles. The Kier molecular flexibility index (Phi) is 6.14. The molecule has 1 rings (SSSR count). The van der Waals surface area contributed by atoms with Gasteiger partial charge in [-0.3, -0.25) is 10.1 Å². The molecule has 0 aliphatic rings. The van der Waals surface area contributed by atoms with Crippen LogP contribution in [-0.4, -0.2) is 13.2 Å². The van der Waals surface area contributed by atoms with Gasteiger partial charge in [0.2, 0.25) is 0 Å². The van der Waals surface area contributed by atoms with Gasteiger partial charge in [0.15, 0.2) is 8.32 Å². The Morgan fingerprint density at radius 1 is 1.50 bits per heavy atom. The number of benzene rings is 1. The number of nitro groups is 1. The van der Waals surface area contributed by atoms with Crippen molar-refractivity contribution in [2.75, 3.05) is 0 Å². The largest absolute Gasteiger partial charge is 0.413 e. The standard InChI is InChI=1S/C13H17ClN2O3Si/c1-20(2,8-4-3-7-15)19-10-11-9-12(14)5-6-13(11)16(17)18/h5-6,9H,3-4,8,10H2,1-2H3.